The maximum atomic E-state index is 11.2. The van der Waals surface area contributed by atoms with E-state index in [4.69, 9.17) is 4.55 Å². The lowest BCUT2D eigenvalue weighted by Crippen LogP contribution is -1.97. The van der Waals surface area contributed by atoms with Gasteiger partial charge in [-0.25, -0.2) is 0 Å². The van der Waals surface area contributed by atoms with Gasteiger partial charge in [-0.3, -0.25) is 8.76 Å². The molecule has 0 fully saturated rings. The van der Waals surface area contributed by atoms with Gasteiger partial charge in [0.15, 0.2) is 0 Å². The van der Waals surface area contributed by atoms with Crippen LogP contribution >= 0.6 is 0 Å². The zero-order valence-corrected chi connectivity index (χ0v) is 17.8. The Hall–Kier alpha value is -3.10. The molecule has 0 saturated heterocycles. The first-order valence-corrected chi connectivity index (χ1v) is 11.8. The molecule has 31 heavy (non-hydrogen) atoms. The first-order chi connectivity index (χ1) is 14.8. The summed E-state index contributed by atoms with van der Waals surface area (Å²) in [5.74, 6) is 0. The average Bonchev–Trinajstić information content (AvgIpc) is 2.79. The Morgan fingerprint density at radius 2 is 0.806 bits per heavy atom. The van der Waals surface area contributed by atoms with Crippen molar-refractivity contribution in [2.45, 2.75) is 9.79 Å². The van der Waals surface area contributed by atoms with Crippen LogP contribution < -0.4 is 0 Å². The minimum Gasteiger partial charge on any atom is -0.768 e. The van der Waals surface area contributed by atoms with Crippen LogP contribution in [0.5, 0.6) is 0 Å². The van der Waals surface area contributed by atoms with E-state index in [2.05, 4.69) is 0 Å². The number of benzene rings is 4. The summed E-state index contributed by atoms with van der Waals surface area (Å²) >= 11 is -2.23. The SMILES string of the molecule is O=S([O-])c1ccc(-c2ccc(-c3ccc(-c4ccc(S(=O)(=O)O)cc4)cc3)cc2)cc1. The molecule has 0 aliphatic rings. The molecular formula is C24H17O5S2-. The Morgan fingerprint density at radius 1 is 0.548 bits per heavy atom. The summed E-state index contributed by atoms with van der Waals surface area (Å²) in [6, 6.07) is 28.6. The predicted octanol–water partition coefficient (Wildman–Crippen LogP) is 5.17. The van der Waals surface area contributed by atoms with Crippen LogP contribution in [0.1, 0.15) is 0 Å². The van der Waals surface area contributed by atoms with Gasteiger partial charge in [-0.1, -0.05) is 72.8 Å². The summed E-state index contributed by atoms with van der Waals surface area (Å²) in [6.07, 6.45) is 0. The lowest BCUT2D eigenvalue weighted by atomic mass is 9.98. The normalized spacial score (nSPS) is 12.5. The van der Waals surface area contributed by atoms with Crippen molar-refractivity contribution in [3.63, 3.8) is 0 Å². The van der Waals surface area contributed by atoms with Crippen LogP contribution in [-0.4, -0.2) is 21.7 Å². The molecule has 156 valence electrons. The fourth-order valence-electron chi connectivity index (χ4n) is 3.29. The molecule has 4 aromatic carbocycles. The second-order valence-corrected chi connectivity index (χ2v) is 9.28. The minimum atomic E-state index is -4.20. The number of hydrogen-bond acceptors (Lipinski definition) is 4. The highest BCUT2D eigenvalue weighted by Gasteiger charge is 2.09. The van der Waals surface area contributed by atoms with Gasteiger partial charge in [-0.15, -0.1) is 0 Å². The van der Waals surface area contributed by atoms with Gasteiger partial charge in [0.2, 0.25) is 0 Å². The summed E-state index contributed by atoms with van der Waals surface area (Å²) in [4.78, 5) is 0.122. The van der Waals surface area contributed by atoms with Crippen LogP contribution in [-0.2, 0) is 21.2 Å². The fourth-order valence-corrected chi connectivity index (χ4v) is 4.13. The topological polar surface area (TPSA) is 94.5 Å². The Bertz CT molecular complexity index is 1330. The molecule has 0 aliphatic heterocycles. The second-order valence-electron chi connectivity index (χ2n) is 6.91. The van der Waals surface area contributed by atoms with E-state index in [1.807, 2.05) is 48.5 Å². The molecule has 1 N–H and O–H groups in total. The third-order valence-corrected chi connectivity index (χ3v) is 6.49. The second kappa shape index (κ2) is 8.56. The zero-order chi connectivity index (χ0) is 22.0. The van der Waals surface area contributed by atoms with Crippen molar-refractivity contribution >= 4 is 21.2 Å². The molecule has 4 rings (SSSR count). The lowest BCUT2D eigenvalue weighted by Gasteiger charge is -2.09. The number of hydrogen-bond donors (Lipinski definition) is 1. The van der Waals surface area contributed by atoms with Crippen molar-refractivity contribution in [2.75, 3.05) is 0 Å². The summed E-state index contributed by atoms with van der Waals surface area (Å²) in [6.45, 7) is 0. The molecule has 1 unspecified atom stereocenters. The standard InChI is InChI=1S/C24H18O5S2/c25-30(26)23-13-9-21(10-14-23)19-5-1-17(2-6-19)18-3-7-20(8-4-18)22-11-15-24(16-12-22)31(27,28)29/h1-16H,(H,25,26)(H,27,28,29)/p-1. The van der Waals surface area contributed by atoms with E-state index in [9.17, 15) is 17.2 Å². The van der Waals surface area contributed by atoms with Crippen LogP contribution in [0.15, 0.2) is 107 Å². The minimum absolute atomic E-state index is 0.135. The summed E-state index contributed by atoms with van der Waals surface area (Å²) in [7, 11) is -4.20. The highest BCUT2D eigenvalue weighted by molar-refractivity contribution is 7.85. The maximum Gasteiger partial charge on any atom is 0.294 e. The average molecular weight is 450 g/mol. The van der Waals surface area contributed by atoms with Crippen LogP contribution in [0, 0.1) is 0 Å². The van der Waals surface area contributed by atoms with Crippen molar-refractivity contribution in [3.8, 4) is 33.4 Å². The Kier molecular flexibility index (Phi) is 5.84. The van der Waals surface area contributed by atoms with Gasteiger partial charge in [0.1, 0.15) is 0 Å². The van der Waals surface area contributed by atoms with Gasteiger partial charge in [-0.05, 0) is 68.7 Å². The molecule has 0 amide bonds. The molecule has 5 nitrogen and oxygen atoms in total. The van der Waals surface area contributed by atoms with Crippen LogP contribution in [0.3, 0.4) is 0 Å². The van der Waals surface area contributed by atoms with E-state index < -0.39 is 21.2 Å². The molecule has 0 radical (unpaired) electrons. The van der Waals surface area contributed by atoms with E-state index in [0.29, 0.717) is 0 Å². The summed E-state index contributed by atoms with van der Waals surface area (Å²) in [5.41, 5.74) is 5.76. The molecule has 0 saturated carbocycles. The van der Waals surface area contributed by atoms with Gasteiger partial charge in [0, 0.05) is 4.90 Å². The highest BCUT2D eigenvalue weighted by atomic mass is 32.2. The molecule has 0 heterocycles. The van der Waals surface area contributed by atoms with Gasteiger partial charge in [0.05, 0.1) is 4.90 Å². The van der Waals surface area contributed by atoms with Gasteiger partial charge >= 0.3 is 0 Å². The third kappa shape index (κ3) is 4.81. The molecule has 0 aromatic heterocycles. The van der Waals surface area contributed by atoms with E-state index in [-0.39, 0.29) is 9.79 Å². The zero-order valence-electron chi connectivity index (χ0n) is 16.1. The largest absolute Gasteiger partial charge is 0.768 e. The monoisotopic (exact) mass is 449 g/mol. The predicted molar refractivity (Wildman–Crippen MR) is 120 cm³/mol. The number of rotatable bonds is 5. The van der Waals surface area contributed by atoms with Crippen LogP contribution in [0.25, 0.3) is 33.4 Å². The van der Waals surface area contributed by atoms with Gasteiger partial charge in [-0.2, -0.15) is 8.42 Å². The van der Waals surface area contributed by atoms with E-state index in [1.54, 1.807) is 36.4 Å². The first-order valence-electron chi connectivity index (χ1n) is 9.29. The maximum absolute atomic E-state index is 11.2. The molecule has 4 aromatic rings. The molecule has 0 aliphatic carbocycles. The smallest absolute Gasteiger partial charge is 0.294 e. The van der Waals surface area contributed by atoms with Crippen LogP contribution in [0.4, 0.5) is 0 Å². The molecule has 1 atom stereocenters. The van der Waals surface area contributed by atoms with Gasteiger partial charge < -0.3 is 4.55 Å². The first kappa shape index (κ1) is 21.1. The Labute approximate surface area is 183 Å². The van der Waals surface area contributed by atoms with Crippen LogP contribution in [0.2, 0.25) is 0 Å². The van der Waals surface area contributed by atoms with Crippen molar-refractivity contribution in [1.29, 1.82) is 0 Å². The van der Waals surface area contributed by atoms with E-state index in [1.165, 1.54) is 12.1 Å². The van der Waals surface area contributed by atoms with E-state index in [0.717, 1.165) is 33.4 Å². The molecule has 7 heteroatoms. The molecule has 0 spiro atoms. The lowest BCUT2D eigenvalue weighted by molar-refractivity contribution is 0.483. The molecular weight excluding hydrogens is 432 g/mol. The fraction of sp³-hybridized carbons (Fsp3) is 0. The van der Waals surface area contributed by atoms with Crippen molar-refractivity contribution in [3.05, 3.63) is 97.1 Å². The quantitative estimate of drug-likeness (QED) is 0.335. The van der Waals surface area contributed by atoms with Crippen molar-refractivity contribution < 1.29 is 21.7 Å². The third-order valence-electron chi connectivity index (χ3n) is 4.97. The summed E-state index contributed by atoms with van der Waals surface area (Å²) < 4.78 is 53.4. The van der Waals surface area contributed by atoms with Gasteiger partial charge in [0.25, 0.3) is 10.1 Å². The van der Waals surface area contributed by atoms with E-state index >= 15 is 0 Å². The molecule has 0 bridgehead atoms. The van der Waals surface area contributed by atoms with Crippen molar-refractivity contribution in [1.82, 2.24) is 0 Å². The van der Waals surface area contributed by atoms with Crippen molar-refractivity contribution in [2.24, 2.45) is 0 Å². The highest BCUT2D eigenvalue weighted by Crippen LogP contribution is 2.28. The Morgan fingerprint density at radius 3 is 1.06 bits per heavy atom. The summed E-state index contributed by atoms with van der Waals surface area (Å²) in [5, 5.41) is 0. The Balaban J connectivity index is 1.53.